The minimum Gasteiger partial charge on any atom is -0.493 e. The van der Waals surface area contributed by atoms with Crippen molar-refractivity contribution >= 4 is 32.6 Å². The topological polar surface area (TPSA) is 56.8 Å². The van der Waals surface area contributed by atoms with Crippen molar-refractivity contribution in [3.05, 3.63) is 64.6 Å². The number of carbonyl (C=O) groups is 1. The number of amides is 1. The second-order valence-corrected chi connectivity index (χ2v) is 7.29. The maximum atomic E-state index is 12.2. The van der Waals surface area contributed by atoms with E-state index in [1.807, 2.05) is 54.6 Å². The molecule has 0 radical (unpaired) electrons. The van der Waals surface area contributed by atoms with Gasteiger partial charge >= 0.3 is 0 Å². The van der Waals surface area contributed by atoms with Crippen LogP contribution in [0.4, 0.5) is 0 Å². The zero-order valence-electron chi connectivity index (χ0n) is 16.5. The predicted molar refractivity (Wildman–Crippen MR) is 118 cm³/mol. The summed E-state index contributed by atoms with van der Waals surface area (Å²) in [5.41, 5.74) is 0.922. The van der Waals surface area contributed by atoms with Crippen molar-refractivity contribution in [2.45, 2.75) is 19.9 Å². The van der Waals surface area contributed by atoms with E-state index < -0.39 is 0 Å². The molecule has 3 aromatic rings. The summed E-state index contributed by atoms with van der Waals surface area (Å²) in [5, 5.41) is 5.02. The van der Waals surface area contributed by atoms with E-state index in [1.54, 1.807) is 7.11 Å². The second-order valence-electron chi connectivity index (χ2n) is 6.50. The molecule has 6 heteroatoms. The molecule has 0 saturated heterocycles. The fraction of sp³-hybridized carbons (Fsp3) is 0.261. The minimum absolute atomic E-state index is 0.0637. The van der Waals surface area contributed by atoms with Gasteiger partial charge in [0.15, 0.2) is 18.1 Å². The molecular weight excluding hydrogens is 434 g/mol. The molecule has 0 unspecified atom stereocenters. The Kier molecular flexibility index (Phi) is 7.36. The summed E-state index contributed by atoms with van der Waals surface area (Å²) in [5.74, 6) is 1.80. The average Bonchev–Trinajstić information content (AvgIpc) is 2.76. The maximum absolute atomic E-state index is 12.2. The van der Waals surface area contributed by atoms with Crippen LogP contribution in [0.3, 0.4) is 0 Å². The monoisotopic (exact) mass is 457 g/mol. The fourth-order valence-corrected chi connectivity index (χ4v) is 3.48. The molecule has 152 valence electrons. The molecule has 0 bridgehead atoms. The number of rotatable bonds is 9. The third kappa shape index (κ3) is 5.41. The van der Waals surface area contributed by atoms with Gasteiger partial charge in [-0.05, 0) is 56.9 Å². The fourth-order valence-electron chi connectivity index (χ4n) is 2.87. The van der Waals surface area contributed by atoms with Crippen molar-refractivity contribution in [3.8, 4) is 17.2 Å². The highest BCUT2D eigenvalue weighted by atomic mass is 79.9. The smallest absolute Gasteiger partial charge is 0.258 e. The standard InChI is InChI=1S/C23H24BrNO4/c1-3-12-28-19-10-8-16(13-21(19)27-2)14-25-22(26)15-29-20-11-9-17-6-4-5-7-18(17)23(20)24/h4-11,13H,3,12,14-15H2,1-2H3,(H,25,26). The summed E-state index contributed by atoms with van der Waals surface area (Å²) in [4.78, 5) is 12.2. The van der Waals surface area contributed by atoms with Crippen molar-refractivity contribution < 1.29 is 19.0 Å². The Morgan fingerprint density at radius 3 is 2.59 bits per heavy atom. The predicted octanol–water partition coefficient (Wildman–Crippen LogP) is 5.09. The second kappa shape index (κ2) is 10.2. The molecule has 0 aliphatic rings. The third-order valence-electron chi connectivity index (χ3n) is 4.37. The Morgan fingerprint density at radius 1 is 1.00 bits per heavy atom. The van der Waals surface area contributed by atoms with Crippen LogP contribution in [0, 0.1) is 0 Å². The molecule has 0 aliphatic heterocycles. The van der Waals surface area contributed by atoms with Gasteiger partial charge in [0.2, 0.25) is 0 Å². The zero-order chi connectivity index (χ0) is 20.6. The first-order valence-electron chi connectivity index (χ1n) is 9.48. The van der Waals surface area contributed by atoms with Gasteiger partial charge in [0.1, 0.15) is 5.75 Å². The zero-order valence-corrected chi connectivity index (χ0v) is 18.1. The van der Waals surface area contributed by atoms with E-state index in [0.717, 1.165) is 27.2 Å². The summed E-state index contributed by atoms with van der Waals surface area (Å²) in [6, 6.07) is 17.5. The summed E-state index contributed by atoms with van der Waals surface area (Å²) in [6.45, 7) is 3.00. The Morgan fingerprint density at radius 2 is 1.79 bits per heavy atom. The van der Waals surface area contributed by atoms with Gasteiger partial charge in [-0.1, -0.05) is 43.3 Å². The van der Waals surface area contributed by atoms with Crippen LogP contribution in [0.15, 0.2) is 59.1 Å². The molecule has 0 aromatic heterocycles. The molecule has 0 saturated carbocycles. The molecule has 1 N–H and O–H groups in total. The molecule has 3 rings (SSSR count). The molecule has 0 heterocycles. The van der Waals surface area contributed by atoms with E-state index in [9.17, 15) is 4.79 Å². The number of ether oxygens (including phenoxy) is 3. The van der Waals surface area contributed by atoms with Crippen molar-refractivity contribution in [2.24, 2.45) is 0 Å². The number of nitrogens with one attached hydrogen (secondary N) is 1. The number of hydrogen-bond donors (Lipinski definition) is 1. The average molecular weight is 458 g/mol. The first-order valence-corrected chi connectivity index (χ1v) is 10.3. The van der Waals surface area contributed by atoms with Gasteiger partial charge < -0.3 is 19.5 Å². The van der Waals surface area contributed by atoms with Gasteiger partial charge in [0.25, 0.3) is 5.91 Å². The van der Waals surface area contributed by atoms with E-state index in [-0.39, 0.29) is 12.5 Å². The normalized spacial score (nSPS) is 10.6. The van der Waals surface area contributed by atoms with Crippen molar-refractivity contribution in [3.63, 3.8) is 0 Å². The van der Waals surface area contributed by atoms with Crippen molar-refractivity contribution in [1.29, 1.82) is 0 Å². The van der Waals surface area contributed by atoms with Gasteiger partial charge in [-0.15, -0.1) is 0 Å². The van der Waals surface area contributed by atoms with Gasteiger partial charge in [0.05, 0.1) is 18.2 Å². The molecule has 0 spiro atoms. The van der Waals surface area contributed by atoms with Gasteiger partial charge in [0, 0.05) is 6.54 Å². The largest absolute Gasteiger partial charge is 0.493 e. The lowest BCUT2D eigenvalue weighted by Gasteiger charge is -2.13. The van der Waals surface area contributed by atoms with Crippen LogP contribution in [0.5, 0.6) is 17.2 Å². The molecule has 0 aliphatic carbocycles. The van der Waals surface area contributed by atoms with E-state index in [4.69, 9.17) is 14.2 Å². The van der Waals surface area contributed by atoms with Gasteiger partial charge in [-0.2, -0.15) is 0 Å². The Labute approximate surface area is 179 Å². The van der Waals surface area contributed by atoms with Crippen LogP contribution in [0.2, 0.25) is 0 Å². The first kappa shape index (κ1) is 21.0. The van der Waals surface area contributed by atoms with Crippen LogP contribution < -0.4 is 19.5 Å². The van der Waals surface area contributed by atoms with Gasteiger partial charge in [-0.25, -0.2) is 0 Å². The van der Waals surface area contributed by atoms with E-state index in [2.05, 4.69) is 28.2 Å². The lowest BCUT2D eigenvalue weighted by Crippen LogP contribution is -2.28. The minimum atomic E-state index is -0.199. The van der Waals surface area contributed by atoms with Crippen molar-refractivity contribution in [1.82, 2.24) is 5.32 Å². The van der Waals surface area contributed by atoms with Crippen LogP contribution in [0.25, 0.3) is 10.8 Å². The molecular formula is C23H24BrNO4. The number of benzene rings is 3. The summed E-state index contributed by atoms with van der Waals surface area (Å²) >= 11 is 3.57. The van der Waals surface area contributed by atoms with E-state index in [0.29, 0.717) is 30.4 Å². The number of fused-ring (bicyclic) bond motifs is 1. The summed E-state index contributed by atoms with van der Waals surface area (Å²) in [6.07, 6.45) is 0.925. The van der Waals surface area contributed by atoms with Crippen molar-refractivity contribution in [2.75, 3.05) is 20.3 Å². The van der Waals surface area contributed by atoms with E-state index >= 15 is 0 Å². The van der Waals surface area contributed by atoms with Crippen LogP contribution in [-0.2, 0) is 11.3 Å². The maximum Gasteiger partial charge on any atom is 0.258 e. The molecule has 1 amide bonds. The molecule has 5 nitrogen and oxygen atoms in total. The molecule has 0 atom stereocenters. The lowest BCUT2D eigenvalue weighted by molar-refractivity contribution is -0.123. The van der Waals surface area contributed by atoms with Gasteiger partial charge in [-0.3, -0.25) is 4.79 Å². The van der Waals surface area contributed by atoms with Crippen LogP contribution in [0.1, 0.15) is 18.9 Å². The molecule has 0 fully saturated rings. The molecule has 3 aromatic carbocycles. The number of hydrogen-bond acceptors (Lipinski definition) is 4. The Balaban J connectivity index is 1.56. The lowest BCUT2D eigenvalue weighted by atomic mass is 10.1. The quantitative estimate of drug-likeness (QED) is 0.485. The highest BCUT2D eigenvalue weighted by Crippen LogP contribution is 2.33. The third-order valence-corrected chi connectivity index (χ3v) is 5.18. The Hall–Kier alpha value is -2.73. The Bertz CT molecular complexity index is 990. The van der Waals surface area contributed by atoms with Crippen LogP contribution in [-0.4, -0.2) is 26.2 Å². The SMILES string of the molecule is CCCOc1ccc(CNC(=O)COc2ccc3ccccc3c2Br)cc1OC. The highest BCUT2D eigenvalue weighted by Gasteiger charge is 2.10. The summed E-state index contributed by atoms with van der Waals surface area (Å²) in [7, 11) is 1.60. The number of methoxy groups -OCH3 is 1. The number of carbonyl (C=O) groups excluding carboxylic acids is 1. The first-order chi connectivity index (χ1) is 14.1. The summed E-state index contributed by atoms with van der Waals surface area (Å²) < 4.78 is 17.6. The number of halogens is 1. The highest BCUT2D eigenvalue weighted by molar-refractivity contribution is 9.10. The molecule has 29 heavy (non-hydrogen) atoms. The van der Waals surface area contributed by atoms with E-state index in [1.165, 1.54) is 0 Å². The van der Waals surface area contributed by atoms with Crippen LogP contribution >= 0.6 is 15.9 Å².